The molecule has 2 rings (SSSR count). The molecule has 1 aromatic carbocycles. The van der Waals surface area contributed by atoms with Gasteiger partial charge in [-0.1, -0.05) is 35.9 Å². The van der Waals surface area contributed by atoms with Gasteiger partial charge in [-0.25, -0.2) is 0 Å². The molecular weight excluding hydrogens is 306 g/mol. The molecule has 1 heterocycles. The Kier molecular flexibility index (Phi) is 4.94. The van der Waals surface area contributed by atoms with Crippen molar-refractivity contribution in [1.29, 1.82) is 10.5 Å². The number of hydrogen-bond donors (Lipinski definition) is 1. The Morgan fingerprint density at radius 1 is 1.04 bits per heavy atom. The van der Waals surface area contributed by atoms with E-state index in [9.17, 15) is 10.5 Å². The smallest absolute Gasteiger partial charge is 0.0975 e. The summed E-state index contributed by atoms with van der Waals surface area (Å²) in [5.41, 5.74) is 5.80. The first kappa shape index (κ1) is 16.9. The topological polar surface area (TPSA) is 59.6 Å². The summed E-state index contributed by atoms with van der Waals surface area (Å²) in [6.45, 7) is 7.74. The number of rotatable bonds is 2. The standard InChI is InChI=1S/C19H18ClN3/c1-11-5-6-15(7-12(11)2)19(20)8-16-17(9-21)13(3)23-14(4)18(16)10-22/h5-8,16,23H,1-4H3. The van der Waals surface area contributed by atoms with E-state index in [1.54, 1.807) is 6.08 Å². The number of nitriles is 2. The Morgan fingerprint density at radius 3 is 2.09 bits per heavy atom. The minimum absolute atomic E-state index is 0.416. The van der Waals surface area contributed by atoms with E-state index in [0.29, 0.717) is 16.2 Å². The highest BCUT2D eigenvalue weighted by molar-refractivity contribution is 6.48. The number of allylic oxidation sites excluding steroid dienone is 5. The van der Waals surface area contributed by atoms with Gasteiger partial charge in [-0.15, -0.1) is 0 Å². The molecule has 1 aliphatic heterocycles. The van der Waals surface area contributed by atoms with Crippen LogP contribution in [-0.4, -0.2) is 0 Å². The third-order valence-corrected chi connectivity index (χ3v) is 4.49. The van der Waals surface area contributed by atoms with Crippen LogP contribution in [0.5, 0.6) is 0 Å². The van der Waals surface area contributed by atoms with Crippen LogP contribution in [0.4, 0.5) is 0 Å². The average molecular weight is 324 g/mol. The van der Waals surface area contributed by atoms with E-state index in [2.05, 4.69) is 17.5 Å². The number of nitrogens with zero attached hydrogens (tertiary/aromatic N) is 2. The minimum atomic E-state index is -0.416. The predicted molar refractivity (Wildman–Crippen MR) is 93.0 cm³/mol. The zero-order chi connectivity index (χ0) is 17.1. The van der Waals surface area contributed by atoms with Crippen LogP contribution < -0.4 is 5.32 Å². The van der Waals surface area contributed by atoms with Crippen molar-refractivity contribution >= 4 is 16.6 Å². The lowest BCUT2D eigenvalue weighted by Crippen LogP contribution is -2.23. The van der Waals surface area contributed by atoms with Crippen LogP contribution in [0.2, 0.25) is 0 Å². The second kappa shape index (κ2) is 6.73. The Bertz CT molecular complexity index is 793. The first-order valence-corrected chi connectivity index (χ1v) is 7.70. The van der Waals surface area contributed by atoms with Gasteiger partial charge in [0.1, 0.15) is 0 Å². The van der Waals surface area contributed by atoms with Gasteiger partial charge < -0.3 is 5.32 Å². The van der Waals surface area contributed by atoms with Crippen molar-refractivity contribution in [3.05, 3.63) is 63.5 Å². The van der Waals surface area contributed by atoms with E-state index in [-0.39, 0.29) is 0 Å². The molecule has 23 heavy (non-hydrogen) atoms. The van der Waals surface area contributed by atoms with Crippen LogP contribution in [0, 0.1) is 42.4 Å². The lowest BCUT2D eigenvalue weighted by Gasteiger charge is -2.24. The SMILES string of the molecule is CC1=C(C#N)C(C=C(Cl)c2ccc(C)c(C)c2)C(C#N)=C(C)N1. The third kappa shape index (κ3) is 3.31. The molecule has 0 aliphatic carbocycles. The van der Waals surface area contributed by atoms with Gasteiger partial charge >= 0.3 is 0 Å². The largest absolute Gasteiger partial charge is 0.361 e. The molecule has 0 fully saturated rings. The zero-order valence-electron chi connectivity index (χ0n) is 13.7. The second-order valence-electron chi connectivity index (χ2n) is 5.72. The molecule has 0 atom stereocenters. The minimum Gasteiger partial charge on any atom is -0.361 e. The van der Waals surface area contributed by atoms with Crippen molar-refractivity contribution in [3.8, 4) is 12.1 Å². The highest BCUT2D eigenvalue weighted by Crippen LogP contribution is 2.33. The third-order valence-electron chi connectivity index (χ3n) is 4.14. The molecule has 0 amide bonds. The number of hydrogen-bond acceptors (Lipinski definition) is 3. The fourth-order valence-corrected chi connectivity index (χ4v) is 2.88. The molecule has 0 radical (unpaired) electrons. The number of benzene rings is 1. The van der Waals surface area contributed by atoms with Crippen molar-refractivity contribution in [1.82, 2.24) is 5.32 Å². The van der Waals surface area contributed by atoms with Gasteiger partial charge in [0.15, 0.2) is 0 Å². The Balaban J connectivity index is 2.53. The molecular formula is C19H18ClN3. The Morgan fingerprint density at radius 2 is 1.61 bits per heavy atom. The van der Waals surface area contributed by atoms with Crippen LogP contribution in [0.3, 0.4) is 0 Å². The summed E-state index contributed by atoms with van der Waals surface area (Å²) in [4.78, 5) is 0. The molecule has 0 saturated carbocycles. The lowest BCUT2D eigenvalue weighted by molar-refractivity contribution is 0.799. The highest BCUT2D eigenvalue weighted by Gasteiger charge is 2.26. The van der Waals surface area contributed by atoms with Crippen molar-refractivity contribution < 1.29 is 0 Å². The van der Waals surface area contributed by atoms with E-state index in [4.69, 9.17) is 11.6 Å². The van der Waals surface area contributed by atoms with Crippen LogP contribution in [0.25, 0.3) is 5.03 Å². The van der Waals surface area contributed by atoms with Crippen molar-refractivity contribution in [2.45, 2.75) is 27.7 Å². The fourth-order valence-electron chi connectivity index (χ4n) is 2.63. The first-order valence-electron chi connectivity index (χ1n) is 7.32. The van der Waals surface area contributed by atoms with Gasteiger partial charge in [0.2, 0.25) is 0 Å². The van der Waals surface area contributed by atoms with Crippen LogP contribution in [0.15, 0.2) is 46.8 Å². The van der Waals surface area contributed by atoms with Crippen LogP contribution >= 0.6 is 11.6 Å². The molecule has 1 aliphatic rings. The maximum Gasteiger partial charge on any atom is 0.0975 e. The lowest BCUT2D eigenvalue weighted by atomic mass is 9.86. The summed E-state index contributed by atoms with van der Waals surface area (Å²) in [5, 5.41) is 22.5. The van der Waals surface area contributed by atoms with Gasteiger partial charge in [0.25, 0.3) is 0 Å². The molecule has 1 aromatic rings. The van der Waals surface area contributed by atoms with Gasteiger partial charge in [-0.3, -0.25) is 0 Å². The number of nitrogens with one attached hydrogen (secondary N) is 1. The normalized spacial score (nSPS) is 16.0. The van der Waals surface area contributed by atoms with E-state index < -0.39 is 5.92 Å². The molecule has 0 aromatic heterocycles. The van der Waals surface area contributed by atoms with Gasteiger partial charge in [-0.2, -0.15) is 10.5 Å². The van der Waals surface area contributed by atoms with Gasteiger partial charge in [0, 0.05) is 16.4 Å². The van der Waals surface area contributed by atoms with Gasteiger partial charge in [-0.05, 0) is 44.4 Å². The van der Waals surface area contributed by atoms with Crippen molar-refractivity contribution in [2.75, 3.05) is 0 Å². The highest BCUT2D eigenvalue weighted by atomic mass is 35.5. The maximum atomic E-state index is 9.44. The maximum absolute atomic E-state index is 9.44. The molecule has 0 saturated heterocycles. The van der Waals surface area contributed by atoms with Gasteiger partial charge in [0.05, 0.1) is 29.2 Å². The van der Waals surface area contributed by atoms with E-state index in [1.165, 1.54) is 5.56 Å². The number of aryl methyl sites for hydroxylation is 2. The van der Waals surface area contributed by atoms with Crippen molar-refractivity contribution in [2.24, 2.45) is 5.92 Å². The van der Waals surface area contributed by atoms with Crippen molar-refractivity contribution in [3.63, 3.8) is 0 Å². The average Bonchev–Trinajstić information content (AvgIpc) is 2.50. The quantitative estimate of drug-likeness (QED) is 0.858. The predicted octanol–water partition coefficient (Wildman–Crippen LogP) is 4.70. The monoisotopic (exact) mass is 323 g/mol. The zero-order valence-corrected chi connectivity index (χ0v) is 14.4. The molecule has 1 N–H and O–H groups in total. The summed E-state index contributed by atoms with van der Waals surface area (Å²) in [5.74, 6) is -0.416. The molecule has 116 valence electrons. The fraction of sp³-hybridized carbons (Fsp3) is 0.263. The molecule has 0 spiro atoms. The Labute approximate surface area is 142 Å². The second-order valence-corrected chi connectivity index (χ2v) is 6.12. The molecule has 4 heteroatoms. The summed E-state index contributed by atoms with van der Waals surface area (Å²) in [6.07, 6.45) is 1.79. The van der Waals surface area contributed by atoms with Crippen LogP contribution in [-0.2, 0) is 0 Å². The number of dihydropyridines is 1. The summed E-state index contributed by atoms with van der Waals surface area (Å²) >= 11 is 6.48. The van der Waals surface area contributed by atoms with Crippen LogP contribution in [0.1, 0.15) is 30.5 Å². The molecule has 3 nitrogen and oxygen atoms in total. The number of halogens is 1. The summed E-state index contributed by atoms with van der Waals surface area (Å²) < 4.78 is 0. The first-order chi connectivity index (χ1) is 10.9. The van der Waals surface area contributed by atoms with E-state index in [1.807, 2.05) is 45.9 Å². The molecule has 0 unspecified atom stereocenters. The molecule has 0 bridgehead atoms. The summed E-state index contributed by atoms with van der Waals surface area (Å²) in [6, 6.07) is 10.4. The Hall–Kier alpha value is -2.49. The summed E-state index contributed by atoms with van der Waals surface area (Å²) in [7, 11) is 0. The van der Waals surface area contributed by atoms with E-state index >= 15 is 0 Å². The van der Waals surface area contributed by atoms with E-state index in [0.717, 1.165) is 22.5 Å².